The molecule has 2 rings (SSSR count). The molecule has 5 heteroatoms. The first-order valence-corrected chi connectivity index (χ1v) is 5.30. The van der Waals surface area contributed by atoms with Crippen molar-refractivity contribution in [2.45, 2.75) is 0 Å². The number of carboxylic acid groups (broad SMARTS) is 1. The second-order valence-electron chi connectivity index (χ2n) is 3.37. The molecule has 78 valence electrons. The van der Waals surface area contributed by atoms with Crippen LogP contribution in [0, 0.1) is 0 Å². The van der Waals surface area contributed by atoms with Crippen molar-refractivity contribution in [1.82, 2.24) is 4.68 Å². The molecule has 0 aromatic carbocycles. The van der Waals surface area contributed by atoms with Gasteiger partial charge in [-0.05, 0) is 6.07 Å². The molecule has 0 atom stereocenters. The lowest BCUT2D eigenvalue weighted by Crippen LogP contribution is -2.35. The highest BCUT2D eigenvalue weighted by molar-refractivity contribution is 7.13. The summed E-state index contributed by atoms with van der Waals surface area (Å²) >= 11 is 1.45. The molecular weight excluding hydrogens is 212 g/mol. The van der Waals surface area contributed by atoms with Crippen LogP contribution in [0.3, 0.4) is 0 Å². The van der Waals surface area contributed by atoms with Crippen LogP contribution in [0.4, 0.5) is 0 Å². The minimum Gasteiger partial charge on any atom is -0.478 e. The quantitative estimate of drug-likeness (QED) is 0.779. The van der Waals surface area contributed by atoms with E-state index in [2.05, 4.69) is 0 Å². The average Bonchev–Trinajstić information content (AvgIpc) is 2.74. The predicted octanol–water partition coefficient (Wildman–Crippen LogP) is 1.28. The van der Waals surface area contributed by atoms with Crippen molar-refractivity contribution in [3.05, 3.63) is 29.4 Å². The number of hydrogen-bond acceptors (Lipinski definition) is 2. The highest BCUT2D eigenvalue weighted by Gasteiger charge is 2.12. The maximum atomic E-state index is 10.7. The molecule has 2 aromatic rings. The smallest absolute Gasteiger partial charge is 0.336 e. The van der Waals surface area contributed by atoms with Crippen molar-refractivity contribution in [3.63, 3.8) is 0 Å². The zero-order chi connectivity index (χ0) is 11.0. The largest absolute Gasteiger partial charge is 0.478 e. The van der Waals surface area contributed by atoms with Gasteiger partial charge in [0.25, 0.3) is 0 Å². The van der Waals surface area contributed by atoms with E-state index in [1.807, 2.05) is 35.9 Å². The first-order valence-electron chi connectivity index (χ1n) is 4.42. The van der Waals surface area contributed by atoms with Crippen LogP contribution in [0.15, 0.2) is 23.8 Å². The van der Waals surface area contributed by atoms with Gasteiger partial charge >= 0.3 is 5.97 Å². The zero-order valence-corrected chi connectivity index (χ0v) is 9.28. The van der Waals surface area contributed by atoms with Crippen LogP contribution in [0.1, 0.15) is 10.4 Å². The van der Waals surface area contributed by atoms with E-state index in [0.717, 1.165) is 10.4 Å². The number of aromatic carboxylic acids is 1. The summed E-state index contributed by atoms with van der Waals surface area (Å²) < 4.78 is 3.88. The fraction of sp³-hybridized carbons (Fsp3) is 0.200. The Morgan fingerprint density at radius 2 is 2.33 bits per heavy atom. The van der Waals surface area contributed by atoms with Crippen molar-refractivity contribution in [1.29, 1.82) is 0 Å². The number of carboxylic acids is 1. The van der Waals surface area contributed by atoms with Crippen LogP contribution in [0.25, 0.3) is 10.4 Å². The lowest BCUT2D eigenvalue weighted by atomic mass is 10.2. The van der Waals surface area contributed by atoms with Gasteiger partial charge in [-0.1, -0.05) is 0 Å². The third-order valence-electron chi connectivity index (χ3n) is 2.28. The third-order valence-corrected chi connectivity index (χ3v) is 3.26. The van der Waals surface area contributed by atoms with Gasteiger partial charge in [-0.25, -0.2) is 4.79 Å². The number of hydrogen-bond donors (Lipinski definition) is 1. The summed E-state index contributed by atoms with van der Waals surface area (Å²) in [7, 11) is 3.88. The number of carbonyl (C=O) groups is 1. The monoisotopic (exact) mass is 223 g/mol. The summed E-state index contributed by atoms with van der Waals surface area (Å²) in [4.78, 5) is 11.7. The van der Waals surface area contributed by atoms with E-state index in [1.165, 1.54) is 11.3 Å². The van der Waals surface area contributed by atoms with E-state index in [4.69, 9.17) is 5.11 Å². The van der Waals surface area contributed by atoms with Crippen molar-refractivity contribution in [2.24, 2.45) is 14.1 Å². The summed E-state index contributed by atoms with van der Waals surface area (Å²) in [5.74, 6) is -0.877. The van der Waals surface area contributed by atoms with Gasteiger partial charge in [-0.3, -0.25) is 0 Å². The molecule has 0 saturated carbocycles. The molecule has 0 bridgehead atoms. The summed E-state index contributed by atoms with van der Waals surface area (Å²) in [6.07, 6.45) is 3.94. The predicted molar refractivity (Wildman–Crippen MR) is 56.9 cm³/mol. The molecule has 0 fully saturated rings. The number of aryl methyl sites for hydroxylation is 2. The van der Waals surface area contributed by atoms with Gasteiger partial charge in [0.15, 0.2) is 7.05 Å². The molecule has 2 aromatic heterocycles. The zero-order valence-electron chi connectivity index (χ0n) is 8.47. The summed E-state index contributed by atoms with van der Waals surface area (Å²) in [6, 6.07) is 1.70. The maximum absolute atomic E-state index is 10.7. The Morgan fingerprint density at radius 1 is 1.60 bits per heavy atom. The van der Waals surface area contributed by atoms with Gasteiger partial charge in [0.2, 0.25) is 6.20 Å². The summed E-state index contributed by atoms with van der Waals surface area (Å²) in [6.45, 7) is 0. The van der Waals surface area contributed by atoms with Gasteiger partial charge < -0.3 is 5.11 Å². The molecule has 0 aliphatic rings. The Labute approximate surface area is 91.0 Å². The number of rotatable bonds is 2. The van der Waals surface area contributed by atoms with Crippen molar-refractivity contribution in [2.75, 3.05) is 0 Å². The van der Waals surface area contributed by atoms with Crippen LogP contribution in [-0.2, 0) is 14.1 Å². The van der Waals surface area contributed by atoms with Gasteiger partial charge in [-0.15, -0.1) is 16.0 Å². The highest BCUT2D eigenvalue weighted by atomic mass is 32.1. The molecule has 15 heavy (non-hydrogen) atoms. The van der Waals surface area contributed by atoms with E-state index < -0.39 is 5.97 Å². The van der Waals surface area contributed by atoms with E-state index >= 15 is 0 Å². The lowest BCUT2D eigenvalue weighted by Gasteiger charge is -1.84. The molecule has 0 saturated heterocycles. The van der Waals surface area contributed by atoms with Gasteiger partial charge in [0.05, 0.1) is 24.4 Å². The number of thiophene rings is 1. The second kappa shape index (κ2) is 3.51. The first-order chi connectivity index (χ1) is 7.08. The SMILES string of the molecule is Cn1cc(-c2cc(C(=O)O)cs2)c[n+]1C. The minimum absolute atomic E-state index is 0.349. The minimum atomic E-state index is -0.877. The molecule has 0 aliphatic heterocycles. The fourth-order valence-electron chi connectivity index (χ4n) is 1.35. The Morgan fingerprint density at radius 3 is 2.80 bits per heavy atom. The van der Waals surface area contributed by atoms with E-state index in [9.17, 15) is 4.79 Å². The van der Waals surface area contributed by atoms with Crippen LogP contribution < -0.4 is 4.68 Å². The van der Waals surface area contributed by atoms with Gasteiger partial charge in [0, 0.05) is 10.3 Å². The molecule has 4 nitrogen and oxygen atoms in total. The Bertz CT molecular complexity index is 494. The molecular formula is C10H11N2O2S+. The van der Waals surface area contributed by atoms with Gasteiger partial charge in [-0.2, -0.15) is 4.68 Å². The Kier molecular flexibility index (Phi) is 2.32. The Balaban J connectivity index is 2.41. The lowest BCUT2D eigenvalue weighted by molar-refractivity contribution is -0.751. The first kappa shape index (κ1) is 9.92. The van der Waals surface area contributed by atoms with Crippen LogP contribution in [0.5, 0.6) is 0 Å². The highest BCUT2D eigenvalue weighted by Crippen LogP contribution is 2.26. The molecule has 2 heterocycles. The Hall–Kier alpha value is -1.62. The summed E-state index contributed by atoms with van der Waals surface area (Å²) in [5.41, 5.74) is 1.39. The molecule has 0 amide bonds. The normalized spacial score (nSPS) is 10.5. The van der Waals surface area contributed by atoms with Crippen LogP contribution in [-0.4, -0.2) is 15.8 Å². The maximum Gasteiger partial charge on any atom is 0.336 e. The molecule has 0 unspecified atom stereocenters. The third kappa shape index (κ3) is 1.78. The van der Waals surface area contributed by atoms with Crippen LogP contribution in [0.2, 0.25) is 0 Å². The van der Waals surface area contributed by atoms with E-state index in [1.54, 1.807) is 11.4 Å². The van der Waals surface area contributed by atoms with Crippen molar-refractivity contribution >= 4 is 17.3 Å². The second-order valence-corrected chi connectivity index (χ2v) is 4.28. The molecule has 0 radical (unpaired) electrons. The van der Waals surface area contributed by atoms with Crippen molar-refractivity contribution in [3.8, 4) is 10.4 Å². The molecule has 0 aliphatic carbocycles. The average molecular weight is 223 g/mol. The van der Waals surface area contributed by atoms with Gasteiger partial charge in [0.1, 0.15) is 0 Å². The van der Waals surface area contributed by atoms with E-state index in [-0.39, 0.29) is 0 Å². The van der Waals surface area contributed by atoms with E-state index in [0.29, 0.717) is 5.56 Å². The number of aromatic nitrogens is 2. The standard InChI is InChI=1S/C10H10N2O2S/c1-11-4-8(5-12(11)2)9-3-7(6-15-9)10(13)14/h3-6H,1-2H3/p+1. The molecule has 0 spiro atoms. The topological polar surface area (TPSA) is 46.1 Å². The number of nitrogens with zero attached hydrogens (tertiary/aromatic N) is 2. The summed E-state index contributed by atoms with van der Waals surface area (Å²) in [5, 5.41) is 10.5. The van der Waals surface area contributed by atoms with Crippen LogP contribution >= 0.6 is 11.3 Å². The molecule has 1 N–H and O–H groups in total. The fourth-order valence-corrected chi connectivity index (χ4v) is 2.20. The van der Waals surface area contributed by atoms with Crippen molar-refractivity contribution < 1.29 is 14.6 Å².